The molecule has 4 aromatic carbocycles. The average molecular weight is 587 g/mol. The summed E-state index contributed by atoms with van der Waals surface area (Å²) in [5, 5.41) is 5.30. The van der Waals surface area contributed by atoms with Gasteiger partial charge >= 0.3 is 37.9 Å². The number of fused-ring (bicyclic) bond motifs is 2. The molecule has 0 saturated heterocycles. The fourth-order valence-electron chi connectivity index (χ4n) is 3.59. The van der Waals surface area contributed by atoms with Gasteiger partial charge < -0.3 is 0 Å². The van der Waals surface area contributed by atoms with Crippen LogP contribution in [-0.2, 0) is 20.8 Å². The molecule has 178 valence electrons. The van der Waals surface area contributed by atoms with Crippen LogP contribution in [0.4, 0.5) is 0 Å². The third-order valence-corrected chi connectivity index (χ3v) is 5.39. The van der Waals surface area contributed by atoms with Crippen molar-refractivity contribution in [2.45, 2.75) is 52.6 Å². The van der Waals surface area contributed by atoms with Crippen molar-refractivity contribution in [2.24, 2.45) is 0 Å². The van der Waals surface area contributed by atoms with Gasteiger partial charge in [0.05, 0.1) is 0 Å². The summed E-state index contributed by atoms with van der Waals surface area (Å²) in [5.74, 6) is 1.19. The third-order valence-electron chi connectivity index (χ3n) is 5.39. The molecule has 34 heavy (non-hydrogen) atoms. The summed E-state index contributed by atoms with van der Waals surface area (Å²) in [6.07, 6.45) is 3.85. The molecular weight excluding hydrogens is 551 g/mol. The summed E-state index contributed by atoms with van der Waals surface area (Å²) in [4.78, 5) is 0. The van der Waals surface area contributed by atoms with Gasteiger partial charge in [0.15, 0.2) is 0 Å². The van der Waals surface area contributed by atoms with Gasteiger partial charge in [0, 0.05) is 9.52 Å². The molecule has 0 bridgehead atoms. The fraction of sp³-hybridized carbons (Fsp3) is 0.267. The number of hydrogen-bond donors (Lipinski definition) is 0. The van der Waals surface area contributed by atoms with Crippen LogP contribution < -0.4 is 0 Å². The van der Waals surface area contributed by atoms with Gasteiger partial charge in [-0.2, -0.15) is 12.1 Å². The first-order chi connectivity index (χ1) is 16.3. The standard InChI is InChI=1S/2C14H15.C2H6Si.2ClH.Zr/c2*1-4-11-6-5-7-12-8-13(10(2)3)9-14(11)12;1-3-2;;;/h2*4-10H,1H2,2-3H3;1-2H3;2*1H;/q2*-1;;;;+4/p-2. The van der Waals surface area contributed by atoms with Crippen molar-refractivity contribution in [1.29, 1.82) is 0 Å². The van der Waals surface area contributed by atoms with Crippen molar-refractivity contribution < 1.29 is 20.8 Å². The molecule has 0 N–H and O–H groups in total. The minimum absolute atomic E-state index is 0.597. The number of rotatable bonds is 4. The van der Waals surface area contributed by atoms with Gasteiger partial charge in [-0.15, -0.1) is 69.1 Å². The van der Waals surface area contributed by atoms with Crippen LogP contribution in [0.2, 0.25) is 13.1 Å². The van der Waals surface area contributed by atoms with Crippen LogP contribution >= 0.6 is 17.0 Å². The summed E-state index contributed by atoms with van der Waals surface area (Å²) in [5.41, 5.74) is 5.28. The first kappa shape index (κ1) is 30.9. The molecule has 0 aliphatic rings. The zero-order valence-corrected chi connectivity index (χ0v) is 26.2. The average Bonchev–Trinajstić information content (AvgIpc) is 3.45. The molecule has 0 amide bonds. The maximum absolute atomic E-state index is 4.93. The first-order valence-corrected chi connectivity index (χ1v) is 19.8. The Bertz CT molecular complexity index is 1060. The molecular formula is C30H36Cl2SiZr. The van der Waals surface area contributed by atoms with E-state index in [2.05, 4.69) is 115 Å². The summed E-state index contributed by atoms with van der Waals surface area (Å²) in [7, 11) is 11.0. The summed E-state index contributed by atoms with van der Waals surface area (Å²) in [6.45, 7) is 20.9. The molecule has 0 nitrogen and oxygen atoms in total. The molecule has 0 aromatic heterocycles. The fourth-order valence-corrected chi connectivity index (χ4v) is 3.59. The Labute approximate surface area is 228 Å². The molecule has 0 saturated carbocycles. The predicted molar refractivity (Wildman–Crippen MR) is 157 cm³/mol. The molecule has 2 radical (unpaired) electrons. The van der Waals surface area contributed by atoms with E-state index in [9.17, 15) is 0 Å². The van der Waals surface area contributed by atoms with Crippen LogP contribution in [0.15, 0.2) is 73.8 Å². The van der Waals surface area contributed by atoms with Gasteiger partial charge in [-0.05, 0) is 11.8 Å². The molecule has 0 spiro atoms. The molecule has 4 rings (SSSR count). The van der Waals surface area contributed by atoms with Crippen molar-refractivity contribution in [1.82, 2.24) is 0 Å². The van der Waals surface area contributed by atoms with Crippen LogP contribution in [0.25, 0.3) is 33.7 Å². The van der Waals surface area contributed by atoms with Crippen molar-refractivity contribution >= 4 is 60.2 Å². The second-order valence-corrected chi connectivity index (χ2v) is 13.3. The van der Waals surface area contributed by atoms with Crippen LogP contribution in [-0.4, -0.2) is 9.52 Å². The quantitative estimate of drug-likeness (QED) is 0.165. The molecule has 4 heteroatoms. The van der Waals surface area contributed by atoms with Crippen LogP contribution in [0, 0.1) is 0 Å². The van der Waals surface area contributed by atoms with E-state index in [1.54, 1.807) is 0 Å². The Morgan fingerprint density at radius 1 is 0.765 bits per heavy atom. The first-order valence-electron chi connectivity index (χ1n) is 11.5. The molecule has 0 fully saturated rings. The summed E-state index contributed by atoms with van der Waals surface area (Å²) in [6, 6.07) is 21.8. The van der Waals surface area contributed by atoms with Gasteiger partial charge in [-0.25, -0.2) is 0 Å². The Balaban J connectivity index is 0.000000277. The molecule has 0 aliphatic heterocycles. The van der Waals surface area contributed by atoms with E-state index in [-0.39, 0.29) is 0 Å². The molecule has 0 aliphatic carbocycles. The van der Waals surface area contributed by atoms with E-state index in [1.165, 1.54) is 43.8 Å². The van der Waals surface area contributed by atoms with E-state index in [4.69, 9.17) is 17.0 Å². The van der Waals surface area contributed by atoms with Crippen LogP contribution in [0.1, 0.15) is 61.8 Å². The maximum atomic E-state index is 4.93. The van der Waals surface area contributed by atoms with E-state index >= 15 is 0 Å². The predicted octanol–water partition coefficient (Wildman–Crippen LogP) is 10.8. The Kier molecular flexibility index (Phi) is 15.0. The topological polar surface area (TPSA) is 0 Å². The molecule has 0 heterocycles. The van der Waals surface area contributed by atoms with Crippen molar-refractivity contribution in [3.8, 4) is 0 Å². The Morgan fingerprint density at radius 3 is 1.35 bits per heavy atom. The number of hydrogen-bond acceptors (Lipinski definition) is 0. The molecule has 0 atom stereocenters. The minimum atomic E-state index is -0.826. The van der Waals surface area contributed by atoms with E-state index in [0.29, 0.717) is 11.8 Å². The van der Waals surface area contributed by atoms with Crippen LogP contribution in [0.5, 0.6) is 0 Å². The van der Waals surface area contributed by atoms with E-state index in [0.717, 1.165) is 9.52 Å². The number of benzene rings is 2. The molecule has 0 unspecified atom stereocenters. The monoisotopic (exact) mass is 584 g/mol. The van der Waals surface area contributed by atoms with Crippen molar-refractivity contribution in [3.05, 3.63) is 96.1 Å². The normalized spacial score (nSPS) is 9.94. The zero-order valence-electron chi connectivity index (χ0n) is 21.3. The van der Waals surface area contributed by atoms with E-state index < -0.39 is 20.8 Å². The Morgan fingerprint density at radius 2 is 1.09 bits per heavy atom. The Hall–Kier alpha value is -1.18. The van der Waals surface area contributed by atoms with Gasteiger partial charge in [0.25, 0.3) is 0 Å². The van der Waals surface area contributed by atoms with Crippen LogP contribution in [0.3, 0.4) is 0 Å². The molecule has 4 aromatic rings. The summed E-state index contributed by atoms with van der Waals surface area (Å²) < 4.78 is 0. The zero-order chi connectivity index (χ0) is 25.7. The second-order valence-electron chi connectivity index (χ2n) is 8.57. The SMILES string of the molecule is C=Cc1cccc2[cH-]c(C(C)C)cc12.C=Cc1cccc2[cH-]c(C(C)C)cc12.C[Si]C.[Cl][Zr+2][Cl]. The van der Waals surface area contributed by atoms with Gasteiger partial charge in [-0.1, -0.05) is 89.4 Å². The second kappa shape index (κ2) is 16.5. The van der Waals surface area contributed by atoms with E-state index in [1.807, 2.05) is 12.2 Å². The van der Waals surface area contributed by atoms with Gasteiger partial charge in [0.2, 0.25) is 0 Å². The number of halogens is 2. The third kappa shape index (κ3) is 9.12. The van der Waals surface area contributed by atoms with Gasteiger partial charge in [-0.3, -0.25) is 0 Å². The van der Waals surface area contributed by atoms with Crippen molar-refractivity contribution in [3.63, 3.8) is 0 Å². The van der Waals surface area contributed by atoms with Crippen molar-refractivity contribution in [2.75, 3.05) is 0 Å². The summed E-state index contributed by atoms with van der Waals surface area (Å²) >= 11 is -0.826. The van der Waals surface area contributed by atoms with Gasteiger partial charge in [0.1, 0.15) is 0 Å².